The van der Waals surface area contributed by atoms with E-state index >= 15 is 0 Å². The largest absolute Gasteiger partial charge is 0.496 e. The van der Waals surface area contributed by atoms with Crippen molar-refractivity contribution in [1.29, 1.82) is 0 Å². The van der Waals surface area contributed by atoms with Crippen molar-refractivity contribution in [2.75, 3.05) is 47.1 Å². The fourth-order valence-electron chi connectivity index (χ4n) is 3.62. The van der Waals surface area contributed by atoms with Crippen LogP contribution < -0.4 is 19.6 Å². The molecule has 0 aromatic heterocycles. The molecule has 0 unspecified atom stereocenters. The monoisotopic (exact) mass is 696 g/mol. The number of methoxy groups -OCH3 is 2. The third-order valence-corrected chi connectivity index (χ3v) is 5.85. The molecule has 48 heavy (non-hydrogen) atoms. The standard InChI is InChI=1S/C17H23NO6.C12H14ClNO4.C4H8O2/c1-17(2,3)24-16(22)18-9-13(20)7-12-6-5-11(14(21)10-19)8-15(12)23-4;1-18-12-5-8(11(17)7-15)2-3-9(12)4-10(16)6-14-13;1-3-6-4(2)5/h5-6,8,19H,7,9-10H2,1-4H3,(H,18,22);2-3,5,14-15H,4,6-7H2,1H3;3H2,1-2H3. The lowest BCUT2D eigenvalue weighted by molar-refractivity contribution is -0.140. The highest BCUT2D eigenvalue weighted by Gasteiger charge is 2.18. The van der Waals surface area contributed by atoms with Crippen molar-refractivity contribution in [3.8, 4) is 11.5 Å². The van der Waals surface area contributed by atoms with E-state index < -0.39 is 36.5 Å². The molecule has 0 saturated carbocycles. The van der Waals surface area contributed by atoms with E-state index in [1.54, 1.807) is 45.9 Å². The van der Waals surface area contributed by atoms with Crippen LogP contribution in [0.2, 0.25) is 0 Å². The Morgan fingerprint density at radius 3 is 1.52 bits per heavy atom. The summed E-state index contributed by atoms with van der Waals surface area (Å²) >= 11 is 5.25. The van der Waals surface area contributed by atoms with Crippen molar-refractivity contribution in [3.05, 3.63) is 58.7 Å². The van der Waals surface area contributed by atoms with Crippen LogP contribution in [0.3, 0.4) is 0 Å². The molecule has 0 radical (unpaired) electrons. The Balaban J connectivity index is 0.000000808. The molecule has 0 heterocycles. The molecule has 0 saturated heterocycles. The highest BCUT2D eigenvalue weighted by atomic mass is 35.5. The number of hydrogen-bond acceptors (Lipinski definition) is 13. The number of Topliss-reactive ketones (excluding diaryl/α,β-unsaturated/α-hetero) is 4. The molecule has 1 amide bonds. The van der Waals surface area contributed by atoms with Crippen molar-refractivity contribution < 1.29 is 57.9 Å². The van der Waals surface area contributed by atoms with Gasteiger partial charge in [0.05, 0.1) is 33.9 Å². The van der Waals surface area contributed by atoms with Crippen molar-refractivity contribution in [2.24, 2.45) is 0 Å². The SMILES string of the molecule is CCOC(C)=O.COc1cc(C(=O)CO)ccc1CC(=O)CNC(=O)OC(C)(C)C.COc1cc(C(=O)CO)ccc1CC(=O)CNCl. The fourth-order valence-corrected chi connectivity index (χ4v) is 3.77. The predicted molar refractivity (Wildman–Crippen MR) is 177 cm³/mol. The van der Waals surface area contributed by atoms with Gasteiger partial charge in [-0.1, -0.05) is 24.3 Å². The minimum Gasteiger partial charge on any atom is -0.496 e. The highest BCUT2D eigenvalue weighted by Crippen LogP contribution is 2.22. The number of carbonyl (C=O) groups is 6. The predicted octanol–water partition coefficient (Wildman–Crippen LogP) is 2.80. The summed E-state index contributed by atoms with van der Waals surface area (Å²) in [6.07, 6.45) is -0.463. The number of rotatable bonds is 15. The van der Waals surface area contributed by atoms with Crippen LogP contribution in [0.1, 0.15) is 66.5 Å². The minimum absolute atomic E-state index is 0.0343. The second kappa shape index (κ2) is 23.0. The molecule has 15 heteroatoms. The molecule has 0 aliphatic carbocycles. The number of ketones is 4. The Morgan fingerprint density at radius 2 is 1.21 bits per heavy atom. The van der Waals surface area contributed by atoms with Gasteiger partial charge in [0.15, 0.2) is 23.1 Å². The first-order valence-corrected chi connectivity index (χ1v) is 15.0. The highest BCUT2D eigenvalue weighted by molar-refractivity contribution is 6.14. The van der Waals surface area contributed by atoms with Gasteiger partial charge < -0.3 is 34.5 Å². The van der Waals surface area contributed by atoms with Gasteiger partial charge in [-0.25, -0.2) is 9.63 Å². The number of amides is 1. The number of alkyl carbamates (subject to hydrolysis) is 1. The Kier molecular flexibility index (Phi) is 20.9. The Labute approximate surface area is 285 Å². The maximum Gasteiger partial charge on any atom is 0.408 e. The average Bonchev–Trinajstić information content (AvgIpc) is 3.03. The number of benzene rings is 2. The van der Waals surface area contributed by atoms with E-state index in [-0.39, 0.29) is 43.5 Å². The third-order valence-electron chi connectivity index (χ3n) is 5.72. The fraction of sp³-hybridized carbons (Fsp3) is 0.455. The molecule has 2 aromatic carbocycles. The summed E-state index contributed by atoms with van der Waals surface area (Å²) in [7, 11) is 2.88. The molecule has 0 aliphatic heterocycles. The van der Waals surface area contributed by atoms with Gasteiger partial charge >= 0.3 is 12.1 Å². The molecule has 0 bridgehead atoms. The third kappa shape index (κ3) is 18.1. The van der Waals surface area contributed by atoms with Crippen LogP contribution in [0, 0.1) is 0 Å². The van der Waals surface area contributed by atoms with Gasteiger partial charge in [0.1, 0.15) is 30.3 Å². The molecule has 14 nitrogen and oxygen atoms in total. The molecule has 0 fully saturated rings. The lowest BCUT2D eigenvalue weighted by atomic mass is 10.0. The van der Waals surface area contributed by atoms with Crippen molar-refractivity contribution in [3.63, 3.8) is 0 Å². The normalized spacial score (nSPS) is 10.2. The van der Waals surface area contributed by atoms with Gasteiger partial charge in [-0.3, -0.25) is 24.0 Å². The number of hydrogen-bond donors (Lipinski definition) is 4. The smallest absolute Gasteiger partial charge is 0.408 e. The zero-order valence-corrected chi connectivity index (χ0v) is 29.0. The van der Waals surface area contributed by atoms with Gasteiger partial charge in [-0.05, 0) is 51.6 Å². The molecule has 4 N–H and O–H groups in total. The Bertz CT molecular complexity index is 1390. The lowest BCUT2D eigenvalue weighted by Gasteiger charge is -2.19. The van der Waals surface area contributed by atoms with Crippen LogP contribution in [0.25, 0.3) is 0 Å². The summed E-state index contributed by atoms with van der Waals surface area (Å²) in [6, 6.07) is 9.28. The van der Waals surface area contributed by atoms with E-state index in [9.17, 15) is 28.8 Å². The van der Waals surface area contributed by atoms with Gasteiger partial charge in [-0.2, -0.15) is 0 Å². The van der Waals surface area contributed by atoms with Crippen molar-refractivity contribution in [1.82, 2.24) is 10.2 Å². The maximum atomic E-state index is 12.0. The topological polar surface area (TPSA) is 204 Å². The molecule has 0 aliphatic rings. The molecular weight excluding hydrogens is 652 g/mol. The van der Waals surface area contributed by atoms with E-state index in [0.29, 0.717) is 40.4 Å². The first-order chi connectivity index (χ1) is 22.5. The van der Waals surface area contributed by atoms with E-state index in [1.165, 1.54) is 39.3 Å². The molecule has 0 atom stereocenters. The lowest BCUT2D eigenvalue weighted by Crippen LogP contribution is -2.35. The van der Waals surface area contributed by atoms with Crippen LogP contribution in [0.15, 0.2) is 36.4 Å². The average molecular weight is 697 g/mol. The Hall–Kier alpha value is -4.37. The van der Waals surface area contributed by atoms with Crippen LogP contribution >= 0.6 is 11.8 Å². The molecule has 2 rings (SSSR count). The van der Waals surface area contributed by atoms with Gasteiger partial charge in [-0.15, -0.1) is 0 Å². The second-order valence-electron chi connectivity index (χ2n) is 10.7. The van der Waals surface area contributed by atoms with E-state index in [4.69, 9.17) is 36.2 Å². The van der Waals surface area contributed by atoms with Crippen molar-refractivity contribution >= 4 is 47.0 Å². The zero-order chi connectivity index (χ0) is 36.9. The Morgan fingerprint density at radius 1 is 0.771 bits per heavy atom. The quantitative estimate of drug-likeness (QED) is 0.120. The summed E-state index contributed by atoms with van der Waals surface area (Å²) in [5.41, 5.74) is 1.27. The number of carbonyl (C=O) groups excluding carboxylic acids is 6. The minimum atomic E-state index is -0.660. The van der Waals surface area contributed by atoms with Crippen molar-refractivity contribution in [2.45, 2.75) is 53.1 Å². The van der Waals surface area contributed by atoms with E-state index in [0.717, 1.165) is 0 Å². The second-order valence-corrected chi connectivity index (χ2v) is 11.0. The van der Waals surface area contributed by atoms with Gasteiger partial charge in [0.2, 0.25) is 0 Å². The summed E-state index contributed by atoms with van der Waals surface area (Å²) in [4.78, 5) is 69.8. The number of nitrogens with one attached hydrogen (secondary N) is 2. The number of esters is 1. The first kappa shape index (κ1) is 43.6. The first-order valence-electron chi connectivity index (χ1n) is 14.6. The molecular formula is C33H45ClN2O12. The van der Waals surface area contributed by atoms with E-state index in [1.807, 2.05) is 0 Å². The van der Waals surface area contributed by atoms with Crippen LogP contribution in [-0.2, 0) is 36.7 Å². The molecule has 0 spiro atoms. The van der Waals surface area contributed by atoms with Crippen LogP contribution in [-0.4, -0.2) is 98.1 Å². The number of aliphatic hydroxyl groups excluding tert-OH is 2. The summed E-state index contributed by atoms with van der Waals surface area (Å²) in [5, 5.41) is 20.0. The number of ether oxygens (including phenoxy) is 4. The van der Waals surface area contributed by atoms with Crippen LogP contribution in [0.5, 0.6) is 11.5 Å². The molecule has 266 valence electrons. The zero-order valence-electron chi connectivity index (χ0n) is 28.3. The van der Waals surface area contributed by atoms with E-state index in [2.05, 4.69) is 14.9 Å². The summed E-state index contributed by atoms with van der Waals surface area (Å²) in [6.45, 7) is 7.58. The number of aliphatic hydroxyl groups is 2. The molecule has 2 aromatic rings. The van der Waals surface area contributed by atoms with Crippen LogP contribution in [0.4, 0.5) is 4.79 Å². The summed E-state index contributed by atoms with van der Waals surface area (Å²) in [5.74, 6) is -0.550. The summed E-state index contributed by atoms with van der Waals surface area (Å²) < 4.78 is 19.7. The van der Waals surface area contributed by atoms with Gasteiger partial charge in [0.25, 0.3) is 0 Å². The van der Waals surface area contributed by atoms with Gasteiger partial charge in [0, 0.05) is 42.0 Å². The maximum absolute atomic E-state index is 12.0. The number of halogens is 1.